The lowest BCUT2D eigenvalue weighted by Gasteiger charge is -2.13. The number of carbonyl (C=O) groups is 1. The molecule has 0 atom stereocenters. The minimum Gasteiger partial charge on any atom is -0.275 e. The van der Waals surface area contributed by atoms with Crippen LogP contribution in [-0.4, -0.2) is 30.1 Å². The Morgan fingerprint density at radius 2 is 2.12 bits per heavy atom. The highest BCUT2D eigenvalue weighted by molar-refractivity contribution is 5.78. The third-order valence-corrected chi connectivity index (χ3v) is 2.16. The summed E-state index contributed by atoms with van der Waals surface area (Å²) in [6.07, 6.45) is -0.0541. The molecule has 0 unspecified atom stereocenters. The first-order chi connectivity index (χ1) is 7.56. The van der Waals surface area contributed by atoms with Gasteiger partial charge in [-0.15, -0.1) is 0 Å². The van der Waals surface area contributed by atoms with Crippen molar-refractivity contribution < 1.29 is 14.6 Å². The number of para-hydroxylation sites is 1. The second-order valence-electron chi connectivity index (χ2n) is 3.14. The van der Waals surface area contributed by atoms with Gasteiger partial charge in [-0.05, 0) is 0 Å². The molecule has 0 saturated carbocycles. The van der Waals surface area contributed by atoms with Crippen LogP contribution in [0.1, 0.15) is 5.56 Å². The number of rotatable bonds is 4. The SMILES string of the molecule is CON(C)C(=O)Cc1ccccc1[N+](=O)[O-]. The van der Waals surface area contributed by atoms with Crippen molar-refractivity contribution in [1.29, 1.82) is 0 Å². The molecule has 86 valence electrons. The third kappa shape index (κ3) is 2.77. The van der Waals surface area contributed by atoms with E-state index in [1.165, 1.54) is 20.2 Å². The minimum absolute atomic E-state index is 0.0541. The zero-order valence-electron chi connectivity index (χ0n) is 9.04. The van der Waals surface area contributed by atoms with Crippen LogP contribution in [0, 0.1) is 10.1 Å². The topological polar surface area (TPSA) is 72.7 Å². The lowest BCUT2D eigenvalue weighted by atomic mass is 10.1. The molecule has 0 aliphatic carbocycles. The Kier molecular flexibility index (Phi) is 3.96. The number of nitrogens with zero attached hydrogens (tertiary/aromatic N) is 2. The summed E-state index contributed by atoms with van der Waals surface area (Å²) in [5.74, 6) is -0.336. The van der Waals surface area contributed by atoms with Crippen LogP contribution < -0.4 is 0 Å². The Labute approximate surface area is 92.5 Å². The summed E-state index contributed by atoms with van der Waals surface area (Å²) in [5, 5.41) is 11.7. The molecule has 0 aromatic heterocycles. The zero-order chi connectivity index (χ0) is 12.1. The van der Waals surface area contributed by atoms with Crippen LogP contribution in [0.25, 0.3) is 0 Å². The number of amides is 1. The Bertz CT molecular complexity index is 406. The van der Waals surface area contributed by atoms with Crippen molar-refractivity contribution in [3.8, 4) is 0 Å². The van der Waals surface area contributed by atoms with Crippen LogP contribution in [0.4, 0.5) is 5.69 Å². The van der Waals surface area contributed by atoms with E-state index in [-0.39, 0.29) is 18.0 Å². The summed E-state index contributed by atoms with van der Waals surface area (Å²) in [6, 6.07) is 6.14. The van der Waals surface area contributed by atoms with Crippen LogP contribution in [0.15, 0.2) is 24.3 Å². The van der Waals surface area contributed by atoms with Gasteiger partial charge in [-0.25, -0.2) is 5.06 Å². The average molecular weight is 224 g/mol. The molecule has 16 heavy (non-hydrogen) atoms. The fourth-order valence-corrected chi connectivity index (χ4v) is 1.21. The maximum Gasteiger partial charge on any atom is 0.273 e. The van der Waals surface area contributed by atoms with Gasteiger partial charge in [-0.1, -0.05) is 18.2 Å². The van der Waals surface area contributed by atoms with Crippen LogP contribution in [-0.2, 0) is 16.1 Å². The van der Waals surface area contributed by atoms with Crippen molar-refractivity contribution >= 4 is 11.6 Å². The van der Waals surface area contributed by atoms with Gasteiger partial charge in [0.1, 0.15) is 0 Å². The van der Waals surface area contributed by atoms with Crippen molar-refractivity contribution in [2.45, 2.75) is 6.42 Å². The molecule has 1 amide bonds. The highest BCUT2D eigenvalue weighted by atomic mass is 16.7. The number of nitro benzene ring substituents is 1. The van der Waals surface area contributed by atoms with Crippen molar-refractivity contribution in [3.05, 3.63) is 39.9 Å². The number of nitro groups is 1. The van der Waals surface area contributed by atoms with E-state index >= 15 is 0 Å². The number of hydroxylamine groups is 2. The summed E-state index contributed by atoms with van der Waals surface area (Å²) in [7, 11) is 2.81. The molecular formula is C10H12N2O4. The second kappa shape index (κ2) is 5.22. The Hall–Kier alpha value is -1.95. The van der Waals surface area contributed by atoms with Gasteiger partial charge < -0.3 is 0 Å². The predicted octanol–water partition coefficient (Wildman–Crippen LogP) is 1.16. The average Bonchev–Trinajstić information content (AvgIpc) is 2.28. The van der Waals surface area contributed by atoms with E-state index in [0.717, 1.165) is 5.06 Å². The van der Waals surface area contributed by atoms with Crippen molar-refractivity contribution in [1.82, 2.24) is 5.06 Å². The Balaban J connectivity index is 2.89. The predicted molar refractivity (Wildman–Crippen MR) is 56.6 cm³/mol. The maximum absolute atomic E-state index is 11.5. The van der Waals surface area contributed by atoms with Crippen molar-refractivity contribution in [3.63, 3.8) is 0 Å². The summed E-state index contributed by atoms with van der Waals surface area (Å²) in [4.78, 5) is 26.4. The van der Waals surface area contributed by atoms with Gasteiger partial charge in [-0.2, -0.15) is 0 Å². The fraction of sp³-hybridized carbons (Fsp3) is 0.300. The molecule has 6 heteroatoms. The van der Waals surface area contributed by atoms with E-state index in [4.69, 9.17) is 4.84 Å². The lowest BCUT2D eigenvalue weighted by Crippen LogP contribution is -2.27. The number of likely N-dealkylation sites (N-methyl/N-ethyl adjacent to an activating group) is 1. The molecule has 1 rings (SSSR count). The van der Waals surface area contributed by atoms with Gasteiger partial charge in [0.25, 0.3) is 11.6 Å². The molecule has 1 aromatic rings. The second-order valence-corrected chi connectivity index (χ2v) is 3.14. The molecule has 0 heterocycles. The number of carbonyl (C=O) groups excluding carboxylic acids is 1. The maximum atomic E-state index is 11.5. The first-order valence-corrected chi connectivity index (χ1v) is 4.59. The molecule has 0 aliphatic heterocycles. The van der Waals surface area contributed by atoms with E-state index in [0.29, 0.717) is 5.56 Å². The van der Waals surface area contributed by atoms with Crippen LogP contribution >= 0.6 is 0 Å². The standard InChI is InChI=1S/C10H12N2O4/c1-11(16-2)10(13)7-8-5-3-4-6-9(8)12(14)15/h3-6H,7H2,1-2H3. The van der Waals surface area contributed by atoms with E-state index in [1.807, 2.05) is 0 Å². The number of benzene rings is 1. The monoisotopic (exact) mass is 224 g/mol. The van der Waals surface area contributed by atoms with Crippen LogP contribution in [0.2, 0.25) is 0 Å². The number of hydrogen-bond acceptors (Lipinski definition) is 4. The molecule has 0 fully saturated rings. The summed E-state index contributed by atoms with van der Waals surface area (Å²) >= 11 is 0. The lowest BCUT2D eigenvalue weighted by molar-refractivity contribution is -0.385. The smallest absolute Gasteiger partial charge is 0.273 e. The van der Waals surface area contributed by atoms with Gasteiger partial charge in [0.2, 0.25) is 0 Å². The molecule has 0 spiro atoms. The molecule has 0 aliphatic rings. The molecule has 0 radical (unpaired) electrons. The molecule has 0 bridgehead atoms. The van der Waals surface area contributed by atoms with E-state index in [2.05, 4.69) is 0 Å². The summed E-state index contributed by atoms with van der Waals surface area (Å²) in [5.41, 5.74) is 0.321. The van der Waals surface area contributed by atoms with Gasteiger partial charge in [0.05, 0.1) is 18.5 Å². The van der Waals surface area contributed by atoms with E-state index in [1.54, 1.807) is 18.2 Å². The molecule has 6 nitrogen and oxygen atoms in total. The third-order valence-electron chi connectivity index (χ3n) is 2.16. The first-order valence-electron chi connectivity index (χ1n) is 4.59. The first kappa shape index (κ1) is 12.1. The van der Waals surface area contributed by atoms with Crippen molar-refractivity contribution in [2.24, 2.45) is 0 Å². The largest absolute Gasteiger partial charge is 0.275 e. The fourth-order valence-electron chi connectivity index (χ4n) is 1.21. The van der Waals surface area contributed by atoms with Gasteiger partial charge in [-0.3, -0.25) is 19.7 Å². The normalized spacial score (nSPS) is 9.88. The molecule has 0 saturated heterocycles. The number of hydrogen-bond donors (Lipinski definition) is 0. The van der Waals surface area contributed by atoms with Crippen LogP contribution in [0.3, 0.4) is 0 Å². The highest BCUT2D eigenvalue weighted by Gasteiger charge is 2.17. The van der Waals surface area contributed by atoms with Gasteiger partial charge in [0.15, 0.2) is 0 Å². The Morgan fingerprint density at radius 1 is 1.50 bits per heavy atom. The molecule has 1 aromatic carbocycles. The highest BCUT2D eigenvalue weighted by Crippen LogP contribution is 2.18. The van der Waals surface area contributed by atoms with Gasteiger partial charge in [0, 0.05) is 18.7 Å². The summed E-state index contributed by atoms with van der Waals surface area (Å²) < 4.78 is 0. The Morgan fingerprint density at radius 3 is 2.69 bits per heavy atom. The molecule has 0 N–H and O–H groups in total. The van der Waals surface area contributed by atoms with E-state index in [9.17, 15) is 14.9 Å². The van der Waals surface area contributed by atoms with Gasteiger partial charge >= 0.3 is 0 Å². The minimum atomic E-state index is -0.505. The van der Waals surface area contributed by atoms with E-state index < -0.39 is 4.92 Å². The quantitative estimate of drug-likeness (QED) is 0.568. The van der Waals surface area contributed by atoms with Crippen LogP contribution in [0.5, 0.6) is 0 Å². The molecular weight excluding hydrogens is 212 g/mol. The zero-order valence-corrected chi connectivity index (χ0v) is 9.04. The summed E-state index contributed by atoms with van der Waals surface area (Å²) in [6.45, 7) is 0. The van der Waals surface area contributed by atoms with Crippen molar-refractivity contribution in [2.75, 3.05) is 14.2 Å².